The number of anilines is 2. The van der Waals surface area contributed by atoms with Gasteiger partial charge >= 0.3 is 11.8 Å². The van der Waals surface area contributed by atoms with E-state index in [9.17, 15) is 14.4 Å². The molecule has 4 N–H and O–H groups in total. The molecule has 23 heavy (non-hydrogen) atoms. The Morgan fingerprint density at radius 1 is 0.870 bits per heavy atom. The Bertz CT molecular complexity index is 756. The molecule has 2 rings (SSSR count). The van der Waals surface area contributed by atoms with Crippen LogP contribution in [-0.4, -0.2) is 17.7 Å². The van der Waals surface area contributed by atoms with Gasteiger partial charge in [0, 0.05) is 27.0 Å². The number of halogens is 2. The summed E-state index contributed by atoms with van der Waals surface area (Å²) in [4.78, 5) is 35.3. The Morgan fingerprint density at radius 3 is 2.00 bits per heavy atom. The van der Waals surface area contributed by atoms with Crippen LogP contribution in [0.1, 0.15) is 10.4 Å². The van der Waals surface area contributed by atoms with E-state index in [-0.39, 0.29) is 11.3 Å². The zero-order valence-corrected chi connectivity index (χ0v) is 13.1. The fourth-order valence-electron chi connectivity index (χ4n) is 1.68. The fourth-order valence-corrected chi connectivity index (χ4v) is 2.21. The first kappa shape index (κ1) is 16.8. The quantitative estimate of drug-likeness (QED) is 0.571. The number of rotatable bonds is 2. The molecule has 0 heterocycles. The molecule has 0 unspecified atom stereocenters. The molecule has 0 aromatic heterocycles. The molecule has 0 saturated heterocycles. The predicted octanol–water partition coefficient (Wildman–Crippen LogP) is 2.47. The third-order valence-electron chi connectivity index (χ3n) is 2.73. The molecule has 0 saturated carbocycles. The fraction of sp³-hybridized carbons (Fsp3) is 0. The van der Waals surface area contributed by atoms with Crippen molar-refractivity contribution in [3.63, 3.8) is 0 Å². The molecule has 0 bridgehead atoms. The maximum atomic E-state index is 11.8. The van der Waals surface area contributed by atoms with Crippen LogP contribution in [-0.2, 0) is 9.59 Å². The van der Waals surface area contributed by atoms with Crippen LogP contribution < -0.4 is 16.4 Å². The van der Waals surface area contributed by atoms with Gasteiger partial charge in [-0.2, -0.15) is 0 Å². The van der Waals surface area contributed by atoms with Crippen molar-refractivity contribution in [3.05, 3.63) is 58.1 Å². The van der Waals surface area contributed by atoms with Crippen LogP contribution >= 0.6 is 23.2 Å². The first-order chi connectivity index (χ1) is 10.8. The average Bonchev–Trinajstić information content (AvgIpc) is 2.46. The highest BCUT2D eigenvalue weighted by Gasteiger charge is 2.18. The van der Waals surface area contributed by atoms with Crippen molar-refractivity contribution in [1.82, 2.24) is 5.32 Å². The van der Waals surface area contributed by atoms with Crippen molar-refractivity contribution in [2.24, 2.45) is 0 Å². The van der Waals surface area contributed by atoms with E-state index < -0.39 is 17.7 Å². The number of nitrogens with two attached hydrogens (primary N) is 1. The molecule has 0 atom stereocenters. The van der Waals surface area contributed by atoms with E-state index >= 15 is 0 Å². The van der Waals surface area contributed by atoms with Gasteiger partial charge in [0.25, 0.3) is 5.91 Å². The third kappa shape index (κ3) is 4.70. The van der Waals surface area contributed by atoms with E-state index in [0.717, 1.165) is 0 Å². The number of hydrogen-bond acceptors (Lipinski definition) is 4. The largest absolute Gasteiger partial charge is 0.399 e. The normalized spacial score (nSPS) is 10.0. The molecular weight excluding hydrogens is 341 g/mol. The summed E-state index contributed by atoms with van der Waals surface area (Å²) in [6.07, 6.45) is 0. The van der Waals surface area contributed by atoms with E-state index in [2.05, 4.69) is 5.32 Å². The summed E-state index contributed by atoms with van der Waals surface area (Å²) in [6.45, 7) is 0. The van der Waals surface area contributed by atoms with Gasteiger partial charge in [-0.05, 0) is 42.5 Å². The Hall–Kier alpha value is -2.57. The van der Waals surface area contributed by atoms with Crippen LogP contribution in [0.4, 0.5) is 11.4 Å². The average molecular weight is 352 g/mol. The summed E-state index contributed by atoms with van der Waals surface area (Å²) in [5.74, 6) is -2.84. The summed E-state index contributed by atoms with van der Waals surface area (Å²) >= 11 is 11.6. The summed E-state index contributed by atoms with van der Waals surface area (Å²) in [5, 5.41) is 4.86. The Balaban J connectivity index is 2.01. The van der Waals surface area contributed by atoms with Gasteiger partial charge in [-0.3, -0.25) is 19.7 Å². The smallest absolute Gasteiger partial charge is 0.316 e. The minimum absolute atomic E-state index is 0.200. The molecule has 0 spiro atoms. The molecule has 3 amide bonds. The van der Waals surface area contributed by atoms with Crippen LogP contribution in [0, 0.1) is 0 Å². The third-order valence-corrected chi connectivity index (χ3v) is 3.16. The number of benzene rings is 2. The van der Waals surface area contributed by atoms with Crippen LogP contribution in [0.3, 0.4) is 0 Å². The number of hydrogen-bond donors (Lipinski definition) is 3. The van der Waals surface area contributed by atoms with Gasteiger partial charge in [-0.1, -0.05) is 23.2 Å². The van der Waals surface area contributed by atoms with E-state index in [1.165, 1.54) is 42.5 Å². The summed E-state index contributed by atoms with van der Waals surface area (Å²) in [7, 11) is 0. The number of carbonyl (C=O) groups excluding carboxylic acids is 3. The minimum Gasteiger partial charge on any atom is -0.399 e. The number of amides is 3. The van der Waals surface area contributed by atoms with Crippen molar-refractivity contribution in [2.75, 3.05) is 11.1 Å². The van der Waals surface area contributed by atoms with E-state index in [1.54, 1.807) is 0 Å². The first-order valence-electron chi connectivity index (χ1n) is 6.33. The predicted molar refractivity (Wildman–Crippen MR) is 88.4 cm³/mol. The van der Waals surface area contributed by atoms with Crippen molar-refractivity contribution in [3.8, 4) is 0 Å². The van der Waals surface area contributed by atoms with Gasteiger partial charge in [0.15, 0.2) is 0 Å². The molecular formula is C15H11Cl2N3O3. The summed E-state index contributed by atoms with van der Waals surface area (Å²) in [5.41, 5.74) is 6.42. The van der Waals surface area contributed by atoms with Crippen molar-refractivity contribution >= 4 is 52.3 Å². The lowest BCUT2D eigenvalue weighted by molar-refractivity contribution is -0.135. The minimum atomic E-state index is -1.11. The monoisotopic (exact) mass is 351 g/mol. The topological polar surface area (TPSA) is 101 Å². The Kier molecular flexibility index (Phi) is 5.20. The lowest BCUT2D eigenvalue weighted by Crippen LogP contribution is -2.39. The SMILES string of the molecule is Nc1ccc(C(=O)NC(=O)C(=O)Nc2cc(Cl)cc(Cl)c2)cc1. The molecule has 0 aliphatic carbocycles. The molecule has 0 fully saturated rings. The van der Waals surface area contributed by atoms with E-state index in [0.29, 0.717) is 15.7 Å². The molecule has 2 aromatic carbocycles. The molecule has 2 aromatic rings. The van der Waals surface area contributed by atoms with Crippen LogP contribution in [0.2, 0.25) is 10.0 Å². The second kappa shape index (κ2) is 7.13. The van der Waals surface area contributed by atoms with Crippen LogP contribution in [0.15, 0.2) is 42.5 Å². The number of nitrogen functional groups attached to an aromatic ring is 1. The van der Waals surface area contributed by atoms with Gasteiger partial charge in [-0.25, -0.2) is 0 Å². The Labute approximate surface area is 141 Å². The molecule has 118 valence electrons. The van der Waals surface area contributed by atoms with Crippen molar-refractivity contribution in [1.29, 1.82) is 0 Å². The zero-order chi connectivity index (χ0) is 17.0. The number of nitrogens with one attached hydrogen (secondary N) is 2. The number of imide groups is 1. The standard InChI is InChI=1S/C15H11Cl2N3O3/c16-9-5-10(17)7-12(6-9)19-14(22)15(23)20-13(21)8-1-3-11(18)4-2-8/h1-7H,18H2,(H,19,22)(H,20,21,23). The Morgan fingerprint density at radius 2 is 1.43 bits per heavy atom. The van der Waals surface area contributed by atoms with E-state index in [1.807, 2.05) is 5.32 Å². The lowest BCUT2D eigenvalue weighted by Gasteiger charge is -2.07. The second-order valence-corrected chi connectivity index (χ2v) is 5.39. The maximum absolute atomic E-state index is 11.8. The summed E-state index contributed by atoms with van der Waals surface area (Å²) in [6, 6.07) is 10.2. The first-order valence-corrected chi connectivity index (χ1v) is 7.09. The lowest BCUT2D eigenvalue weighted by atomic mass is 10.2. The van der Waals surface area contributed by atoms with Crippen LogP contribution in [0.5, 0.6) is 0 Å². The highest BCUT2D eigenvalue weighted by atomic mass is 35.5. The van der Waals surface area contributed by atoms with Gasteiger partial charge in [0.05, 0.1) is 0 Å². The molecule has 0 aliphatic rings. The van der Waals surface area contributed by atoms with E-state index in [4.69, 9.17) is 28.9 Å². The second-order valence-electron chi connectivity index (χ2n) is 4.52. The molecule has 0 radical (unpaired) electrons. The zero-order valence-electron chi connectivity index (χ0n) is 11.6. The highest BCUT2D eigenvalue weighted by molar-refractivity contribution is 6.43. The van der Waals surface area contributed by atoms with Crippen molar-refractivity contribution < 1.29 is 14.4 Å². The summed E-state index contributed by atoms with van der Waals surface area (Å²) < 4.78 is 0. The highest BCUT2D eigenvalue weighted by Crippen LogP contribution is 2.22. The molecule has 0 aliphatic heterocycles. The van der Waals surface area contributed by atoms with Crippen molar-refractivity contribution in [2.45, 2.75) is 0 Å². The molecule has 8 heteroatoms. The maximum Gasteiger partial charge on any atom is 0.316 e. The van der Waals surface area contributed by atoms with Gasteiger partial charge in [0.2, 0.25) is 0 Å². The van der Waals surface area contributed by atoms with Crippen LogP contribution in [0.25, 0.3) is 0 Å². The van der Waals surface area contributed by atoms with Gasteiger partial charge < -0.3 is 11.1 Å². The van der Waals surface area contributed by atoms with Gasteiger partial charge in [-0.15, -0.1) is 0 Å². The molecule has 6 nitrogen and oxygen atoms in total. The van der Waals surface area contributed by atoms with Gasteiger partial charge in [0.1, 0.15) is 0 Å². The number of carbonyl (C=O) groups is 3.